The van der Waals surface area contributed by atoms with Crippen LogP contribution in [0.2, 0.25) is 0 Å². The molecule has 0 aliphatic heterocycles. The minimum Gasteiger partial charge on any atom is -0.506 e. The predicted octanol–water partition coefficient (Wildman–Crippen LogP) is 1.07. The van der Waals surface area contributed by atoms with Gasteiger partial charge in [-0.2, -0.15) is 0 Å². The second-order valence-electron chi connectivity index (χ2n) is 4.64. The molecule has 24 heavy (non-hydrogen) atoms. The molecule has 4 N–H and O–H groups in total. The average molecular weight is 332 g/mol. The number of hydrogen-bond acceptors (Lipinski definition) is 7. The maximum Gasteiger partial charge on any atom is 0.353 e. The number of benzene rings is 1. The Hall–Kier alpha value is -3.62. The number of rotatable bonds is 5. The van der Waals surface area contributed by atoms with Crippen LogP contribution < -0.4 is 16.3 Å². The van der Waals surface area contributed by atoms with Crippen LogP contribution in [0.3, 0.4) is 0 Å². The highest BCUT2D eigenvalue weighted by atomic mass is 16.5. The zero-order valence-electron chi connectivity index (χ0n) is 12.3. The summed E-state index contributed by atoms with van der Waals surface area (Å²) in [5.74, 6) is -3.89. The number of hydrogen-bond donors (Lipinski definition) is 4. The van der Waals surface area contributed by atoms with Crippen molar-refractivity contribution in [3.63, 3.8) is 0 Å². The molecule has 0 atom stereocenters. The Morgan fingerprint density at radius 3 is 2.21 bits per heavy atom. The molecule has 0 unspecified atom stereocenters. The van der Waals surface area contributed by atoms with E-state index < -0.39 is 40.1 Å². The summed E-state index contributed by atoms with van der Waals surface area (Å²) in [5, 5.41) is 24.3. The Balaban J connectivity index is 2.36. The molecule has 0 aliphatic carbocycles. The number of ketones is 1. The fourth-order valence-corrected chi connectivity index (χ4v) is 1.94. The Bertz CT molecular complexity index is 869. The van der Waals surface area contributed by atoms with Crippen molar-refractivity contribution in [2.75, 3.05) is 10.6 Å². The predicted molar refractivity (Wildman–Crippen MR) is 82.4 cm³/mol. The largest absolute Gasteiger partial charge is 0.506 e. The zero-order valence-corrected chi connectivity index (χ0v) is 12.3. The first kappa shape index (κ1) is 16.7. The van der Waals surface area contributed by atoms with Crippen molar-refractivity contribution < 1.29 is 29.0 Å². The standard InChI is InChI=1S/C15H12N2O7/c1-7(19)10-12(20)11(15(23)24-14(10)22)13(21)17-9-4-2-8(3-5-9)16-6-18/h2-6,20,23H,1H3,(H,16,18)(H,17,21). The lowest BCUT2D eigenvalue weighted by Gasteiger charge is -2.09. The van der Waals surface area contributed by atoms with E-state index in [9.17, 15) is 29.4 Å². The van der Waals surface area contributed by atoms with Crippen molar-refractivity contribution in [2.45, 2.75) is 6.92 Å². The topological polar surface area (TPSA) is 146 Å². The second-order valence-corrected chi connectivity index (χ2v) is 4.64. The van der Waals surface area contributed by atoms with Crippen molar-refractivity contribution in [3.05, 3.63) is 45.8 Å². The molecule has 0 saturated carbocycles. The van der Waals surface area contributed by atoms with Crippen LogP contribution >= 0.6 is 0 Å². The van der Waals surface area contributed by atoms with Gasteiger partial charge in [-0.05, 0) is 31.2 Å². The van der Waals surface area contributed by atoms with Crippen molar-refractivity contribution in [2.24, 2.45) is 0 Å². The van der Waals surface area contributed by atoms with E-state index >= 15 is 0 Å². The van der Waals surface area contributed by atoms with E-state index in [4.69, 9.17) is 0 Å². The summed E-state index contributed by atoms with van der Waals surface area (Å²) in [5.41, 5.74) is -1.97. The fourth-order valence-electron chi connectivity index (χ4n) is 1.94. The van der Waals surface area contributed by atoms with Crippen LogP contribution in [0.1, 0.15) is 27.6 Å². The highest BCUT2D eigenvalue weighted by molar-refractivity contribution is 6.10. The Kier molecular flexibility index (Phi) is 4.64. The van der Waals surface area contributed by atoms with Gasteiger partial charge in [0.05, 0.1) is 0 Å². The van der Waals surface area contributed by atoms with Crippen LogP contribution in [0.5, 0.6) is 11.7 Å². The Labute approximate surface area is 134 Å². The third-order valence-electron chi connectivity index (χ3n) is 3.03. The highest BCUT2D eigenvalue weighted by Gasteiger charge is 2.27. The average Bonchev–Trinajstić information content (AvgIpc) is 2.48. The Morgan fingerprint density at radius 2 is 1.67 bits per heavy atom. The number of anilines is 2. The molecule has 1 aromatic carbocycles. The third kappa shape index (κ3) is 3.24. The first-order valence-electron chi connectivity index (χ1n) is 6.56. The van der Waals surface area contributed by atoms with Crippen molar-refractivity contribution in [3.8, 4) is 11.7 Å². The van der Waals surface area contributed by atoms with Gasteiger partial charge in [0.1, 0.15) is 5.56 Å². The van der Waals surface area contributed by atoms with Crippen LogP contribution in [-0.2, 0) is 4.79 Å². The number of carbonyl (C=O) groups excluding carboxylic acids is 3. The lowest BCUT2D eigenvalue weighted by Crippen LogP contribution is -2.18. The van der Waals surface area contributed by atoms with Gasteiger partial charge in [-0.1, -0.05) is 0 Å². The summed E-state index contributed by atoms with van der Waals surface area (Å²) in [7, 11) is 0. The zero-order chi connectivity index (χ0) is 17.9. The van der Waals surface area contributed by atoms with Crippen LogP contribution in [-0.4, -0.2) is 28.3 Å². The van der Waals surface area contributed by atoms with Gasteiger partial charge in [0.15, 0.2) is 17.1 Å². The van der Waals surface area contributed by atoms with Crippen molar-refractivity contribution in [1.82, 2.24) is 0 Å². The SMILES string of the molecule is CC(=O)c1c(O)c(C(=O)Nc2ccc(NC=O)cc2)c(O)oc1=O. The van der Waals surface area contributed by atoms with E-state index in [0.717, 1.165) is 6.92 Å². The molecule has 0 fully saturated rings. The van der Waals surface area contributed by atoms with Gasteiger partial charge in [0.2, 0.25) is 6.41 Å². The molecule has 9 nitrogen and oxygen atoms in total. The highest BCUT2D eigenvalue weighted by Crippen LogP contribution is 2.29. The van der Waals surface area contributed by atoms with Crippen molar-refractivity contribution in [1.29, 1.82) is 0 Å². The first-order chi connectivity index (χ1) is 11.3. The molecular formula is C15H12N2O7. The summed E-state index contributed by atoms with van der Waals surface area (Å²) in [4.78, 5) is 45.3. The van der Waals surface area contributed by atoms with E-state index in [0.29, 0.717) is 12.1 Å². The summed E-state index contributed by atoms with van der Waals surface area (Å²) in [6, 6.07) is 5.89. The minimum atomic E-state index is -1.25. The molecule has 0 bridgehead atoms. The Morgan fingerprint density at radius 1 is 1.08 bits per heavy atom. The number of amides is 2. The molecule has 2 aromatic rings. The number of nitrogens with one attached hydrogen (secondary N) is 2. The second kappa shape index (κ2) is 6.65. The van der Waals surface area contributed by atoms with Gasteiger partial charge in [0.25, 0.3) is 5.91 Å². The van der Waals surface area contributed by atoms with Crippen molar-refractivity contribution >= 4 is 29.5 Å². The molecule has 124 valence electrons. The smallest absolute Gasteiger partial charge is 0.353 e. The van der Waals surface area contributed by atoms with Gasteiger partial charge in [-0.25, -0.2) is 4.79 Å². The van der Waals surface area contributed by atoms with E-state index in [2.05, 4.69) is 15.1 Å². The summed E-state index contributed by atoms with van der Waals surface area (Å²) in [6.45, 7) is 1.00. The van der Waals surface area contributed by atoms with Crippen LogP contribution in [0.25, 0.3) is 0 Å². The molecule has 0 aliphatic rings. The molecule has 0 spiro atoms. The van der Waals surface area contributed by atoms with Crippen LogP contribution in [0.15, 0.2) is 33.5 Å². The molecule has 1 heterocycles. The molecule has 2 amide bonds. The van der Waals surface area contributed by atoms with E-state index in [1.165, 1.54) is 24.3 Å². The number of carbonyl (C=O) groups is 3. The minimum absolute atomic E-state index is 0.269. The van der Waals surface area contributed by atoms with E-state index in [-0.39, 0.29) is 5.69 Å². The maximum absolute atomic E-state index is 12.2. The molecule has 2 rings (SSSR count). The number of Topliss-reactive ketones (excluding diaryl/α,β-unsaturated/α-hetero) is 1. The molecule has 0 radical (unpaired) electrons. The lowest BCUT2D eigenvalue weighted by molar-refractivity contribution is -0.105. The van der Waals surface area contributed by atoms with Crippen LogP contribution in [0.4, 0.5) is 11.4 Å². The third-order valence-corrected chi connectivity index (χ3v) is 3.03. The molecule has 0 saturated heterocycles. The van der Waals surface area contributed by atoms with E-state index in [1.807, 2.05) is 0 Å². The van der Waals surface area contributed by atoms with E-state index in [1.54, 1.807) is 0 Å². The van der Waals surface area contributed by atoms with Gasteiger partial charge in [-0.15, -0.1) is 0 Å². The fraction of sp³-hybridized carbons (Fsp3) is 0.0667. The first-order valence-corrected chi connectivity index (χ1v) is 6.56. The van der Waals surface area contributed by atoms with Gasteiger partial charge in [-0.3, -0.25) is 14.4 Å². The monoisotopic (exact) mass is 332 g/mol. The van der Waals surface area contributed by atoms with Gasteiger partial charge >= 0.3 is 11.6 Å². The normalized spacial score (nSPS) is 10.0. The molecular weight excluding hydrogens is 320 g/mol. The lowest BCUT2D eigenvalue weighted by atomic mass is 10.1. The summed E-state index contributed by atoms with van der Waals surface area (Å²) >= 11 is 0. The number of aromatic hydroxyl groups is 2. The van der Waals surface area contributed by atoms with Crippen LogP contribution in [0, 0.1) is 0 Å². The summed E-state index contributed by atoms with van der Waals surface area (Å²) in [6.07, 6.45) is 0.485. The molecule has 1 aromatic heterocycles. The maximum atomic E-state index is 12.2. The van der Waals surface area contributed by atoms with Gasteiger partial charge < -0.3 is 25.3 Å². The summed E-state index contributed by atoms with van der Waals surface area (Å²) < 4.78 is 4.40. The quantitative estimate of drug-likeness (QED) is 0.473. The molecule has 9 heteroatoms. The van der Waals surface area contributed by atoms with Gasteiger partial charge in [0, 0.05) is 11.4 Å².